The maximum absolute atomic E-state index is 12.9. The van der Waals surface area contributed by atoms with Gasteiger partial charge in [0.25, 0.3) is 11.5 Å². The van der Waals surface area contributed by atoms with Gasteiger partial charge in [0.1, 0.15) is 5.58 Å². The van der Waals surface area contributed by atoms with Crippen molar-refractivity contribution in [2.75, 3.05) is 0 Å². The van der Waals surface area contributed by atoms with Crippen LogP contribution in [0.4, 0.5) is 0 Å². The molecule has 0 radical (unpaired) electrons. The van der Waals surface area contributed by atoms with Gasteiger partial charge in [0.05, 0.1) is 11.9 Å². The molecule has 0 fully saturated rings. The average molecular weight is 438 g/mol. The minimum atomic E-state index is -0.655. The number of nitrogens with one attached hydrogen (secondary N) is 2. The number of furan rings is 1. The quantitative estimate of drug-likeness (QED) is 0.419. The Morgan fingerprint density at radius 2 is 1.48 bits per heavy atom. The number of nitrogens with zero attached hydrogens (tertiary/aromatic N) is 2. The third kappa shape index (κ3) is 3.97. The molecule has 5 rings (SSSR count). The van der Waals surface area contributed by atoms with Gasteiger partial charge in [-0.3, -0.25) is 25.2 Å². The Balaban J connectivity index is 1.43. The van der Waals surface area contributed by atoms with Crippen molar-refractivity contribution in [3.05, 3.63) is 112 Å². The predicted octanol–water partition coefficient (Wildman–Crippen LogP) is 3.27. The Morgan fingerprint density at radius 3 is 2.27 bits per heavy atom. The largest absolute Gasteiger partial charge is 0.451 e. The zero-order valence-corrected chi connectivity index (χ0v) is 17.3. The lowest BCUT2D eigenvalue weighted by molar-refractivity contribution is 0.0829. The van der Waals surface area contributed by atoms with E-state index in [1.54, 1.807) is 42.5 Å². The topological polar surface area (TPSA) is 106 Å². The second-order valence-corrected chi connectivity index (χ2v) is 7.40. The second kappa shape index (κ2) is 8.43. The number of rotatable bonds is 4. The molecule has 3 aromatic carbocycles. The number of hydrazine groups is 1. The van der Waals surface area contributed by atoms with Crippen LogP contribution in [0.1, 0.15) is 26.6 Å². The summed E-state index contributed by atoms with van der Waals surface area (Å²) in [6.45, 7) is 0.204. The predicted molar refractivity (Wildman–Crippen MR) is 123 cm³/mol. The normalized spacial score (nSPS) is 10.9. The van der Waals surface area contributed by atoms with Crippen molar-refractivity contribution in [3.8, 4) is 0 Å². The molecule has 2 amide bonds. The van der Waals surface area contributed by atoms with Gasteiger partial charge >= 0.3 is 5.91 Å². The molecule has 162 valence electrons. The number of carbonyl (C=O) groups is 2. The molecule has 8 nitrogen and oxygen atoms in total. The molecule has 0 aliphatic rings. The van der Waals surface area contributed by atoms with Gasteiger partial charge in [0.2, 0.25) is 0 Å². The smallest absolute Gasteiger partial charge is 0.305 e. The van der Waals surface area contributed by atoms with Gasteiger partial charge in [-0.05, 0) is 23.8 Å². The molecule has 5 aromatic rings. The van der Waals surface area contributed by atoms with Crippen LogP contribution in [0.5, 0.6) is 0 Å². The number of para-hydroxylation sites is 1. The summed E-state index contributed by atoms with van der Waals surface area (Å²) in [5, 5.41) is 5.82. The SMILES string of the molecule is O=C(NNC(=O)c1nn(Cc2ccccc2)c(=O)c2ccccc12)c1cc2ccccc2o1. The summed E-state index contributed by atoms with van der Waals surface area (Å²) in [6, 6.07) is 24.9. The molecule has 0 bridgehead atoms. The molecular formula is C25H18N4O4. The molecule has 0 unspecified atom stereocenters. The summed E-state index contributed by atoms with van der Waals surface area (Å²) >= 11 is 0. The van der Waals surface area contributed by atoms with E-state index in [0.717, 1.165) is 10.9 Å². The van der Waals surface area contributed by atoms with Crippen LogP contribution in [0.3, 0.4) is 0 Å². The molecule has 33 heavy (non-hydrogen) atoms. The lowest BCUT2D eigenvalue weighted by Gasteiger charge is -2.11. The first kappa shape index (κ1) is 20.2. The maximum atomic E-state index is 12.9. The van der Waals surface area contributed by atoms with Gasteiger partial charge in [-0.15, -0.1) is 0 Å². The average Bonchev–Trinajstić information content (AvgIpc) is 3.29. The number of benzene rings is 3. The van der Waals surface area contributed by atoms with E-state index in [9.17, 15) is 14.4 Å². The Kier molecular flexibility index (Phi) is 5.16. The minimum Gasteiger partial charge on any atom is -0.451 e. The molecule has 0 atom stereocenters. The first-order valence-corrected chi connectivity index (χ1v) is 10.2. The van der Waals surface area contributed by atoms with Crippen LogP contribution in [-0.4, -0.2) is 21.6 Å². The summed E-state index contributed by atoms with van der Waals surface area (Å²) in [4.78, 5) is 38.4. The Labute approximate surface area is 187 Å². The van der Waals surface area contributed by atoms with Crippen LogP contribution >= 0.6 is 0 Å². The van der Waals surface area contributed by atoms with E-state index in [1.165, 1.54) is 4.68 Å². The molecule has 0 spiro atoms. The van der Waals surface area contributed by atoms with Gasteiger partial charge in [-0.1, -0.05) is 66.7 Å². The van der Waals surface area contributed by atoms with Gasteiger partial charge in [-0.25, -0.2) is 4.68 Å². The van der Waals surface area contributed by atoms with E-state index in [-0.39, 0.29) is 23.6 Å². The number of amides is 2. The lowest BCUT2D eigenvalue weighted by Crippen LogP contribution is -2.42. The summed E-state index contributed by atoms with van der Waals surface area (Å²) < 4.78 is 6.76. The van der Waals surface area contributed by atoms with Crippen molar-refractivity contribution >= 4 is 33.6 Å². The fourth-order valence-corrected chi connectivity index (χ4v) is 3.59. The van der Waals surface area contributed by atoms with Crippen LogP contribution in [0.25, 0.3) is 21.7 Å². The zero-order chi connectivity index (χ0) is 22.8. The van der Waals surface area contributed by atoms with E-state index >= 15 is 0 Å². The number of hydrogen-bond acceptors (Lipinski definition) is 5. The lowest BCUT2D eigenvalue weighted by atomic mass is 10.1. The van der Waals surface area contributed by atoms with E-state index in [2.05, 4.69) is 16.0 Å². The fraction of sp³-hybridized carbons (Fsp3) is 0.0400. The van der Waals surface area contributed by atoms with E-state index in [0.29, 0.717) is 16.4 Å². The van der Waals surface area contributed by atoms with Crippen molar-refractivity contribution < 1.29 is 14.0 Å². The van der Waals surface area contributed by atoms with Gasteiger partial charge in [-0.2, -0.15) is 5.10 Å². The van der Waals surface area contributed by atoms with Crippen molar-refractivity contribution in [1.82, 2.24) is 20.6 Å². The van der Waals surface area contributed by atoms with E-state index in [1.807, 2.05) is 42.5 Å². The highest BCUT2D eigenvalue weighted by Crippen LogP contribution is 2.18. The highest BCUT2D eigenvalue weighted by molar-refractivity contribution is 6.06. The summed E-state index contributed by atoms with van der Waals surface area (Å²) in [6.07, 6.45) is 0. The molecule has 2 N–H and O–H groups in total. The molecular weight excluding hydrogens is 420 g/mol. The molecule has 0 saturated carbocycles. The van der Waals surface area contributed by atoms with Gasteiger partial charge in [0.15, 0.2) is 11.5 Å². The highest BCUT2D eigenvalue weighted by Gasteiger charge is 2.19. The summed E-state index contributed by atoms with van der Waals surface area (Å²) in [5.74, 6) is -1.21. The standard InChI is InChI=1S/C25H18N4O4/c30-23(21-14-17-10-4-7-13-20(17)33-21)26-27-24(31)22-18-11-5-6-12-19(18)25(32)29(28-22)15-16-8-2-1-3-9-16/h1-14H,15H2,(H,26,30)(H,27,31). The minimum absolute atomic E-state index is 0.0195. The van der Waals surface area contributed by atoms with E-state index < -0.39 is 11.8 Å². The monoisotopic (exact) mass is 438 g/mol. The number of fused-ring (bicyclic) bond motifs is 2. The molecule has 0 saturated heterocycles. The molecule has 2 heterocycles. The van der Waals surface area contributed by atoms with E-state index in [4.69, 9.17) is 4.42 Å². The molecule has 2 aromatic heterocycles. The zero-order valence-electron chi connectivity index (χ0n) is 17.3. The van der Waals surface area contributed by atoms with Crippen LogP contribution in [0.2, 0.25) is 0 Å². The van der Waals surface area contributed by atoms with Crippen molar-refractivity contribution in [3.63, 3.8) is 0 Å². The Bertz CT molecular complexity index is 1520. The fourth-order valence-electron chi connectivity index (χ4n) is 3.59. The first-order valence-electron chi connectivity index (χ1n) is 10.2. The van der Waals surface area contributed by atoms with Crippen molar-refractivity contribution in [1.29, 1.82) is 0 Å². The van der Waals surface area contributed by atoms with Crippen LogP contribution in [-0.2, 0) is 6.54 Å². The van der Waals surface area contributed by atoms with Gasteiger partial charge < -0.3 is 4.42 Å². The molecule has 0 aliphatic carbocycles. The number of hydrogen-bond donors (Lipinski definition) is 2. The highest BCUT2D eigenvalue weighted by atomic mass is 16.3. The maximum Gasteiger partial charge on any atom is 0.305 e. The number of carbonyl (C=O) groups excluding carboxylic acids is 2. The third-order valence-electron chi connectivity index (χ3n) is 5.20. The van der Waals surface area contributed by atoms with Crippen LogP contribution < -0.4 is 16.4 Å². The number of aromatic nitrogens is 2. The second-order valence-electron chi connectivity index (χ2n) is 7.40. The first-order chi connectivity index (χ1) is 16.1. The third-order valence-corrected chi connectivity index (χ3v) is 5.20. The van der Waals surface area contributed by atoms with Crippen molar-refractivity contribution in [2.45, 2.75) is 6.54 Å². The van der Waals surface area contributed by atoms with Crippen LogP contribution in [0, 0.1) is 0 Å². The van der Waals surface area contributed by atoms with Gasteiger partial charge in [0, 0.05) is 10.8 Å². The Hall–Kier alpha value is -4.72. The van der Waals surface area contributed by atoms with Crippen LogP contribution in [0.15, 0.2) is 94.1 Å². The summed E-state index contributed by atoms with van der Waals surface area (Å²) in [5.41, 5.74) is 5.86. The summed E-state index contributed by atoms with van der Waals surface area (Å²) in [7, 11) is 0. The van der Waals surface area contributed by atoms with Crippen molar-refractivity contribution in [2.24, 2.45) is 0 Å². The molecule has 0 aliphatic heterocycles. The Morgan fingerprint density at radius 1 is 0.818 bits per heavy atom. The molecule has 8 heteroatoms.